The zero-order valence-corrected chi connectivity index (χ0v) is 16.1. The van der Waals surface area contributed by atoms with Gasteiger partial charge in [0.05, 0.1) is 12.2 Å². The van der Waals surface area contributed by atoms with E-state index in [1.54, 1.807) is 6.07 Å². The Bertz CT molecular complexity index is 955. The quantitative estimate of drug-likeness (QED) is 0.550. The minimum atomic E-state index is -1.72. The van der Waals surface area contributed by atoms with Crippen LogP contribution in [0.5, 0.6) is 0 Å². The molecule has 1 heterocycles. The number of halogens is 3. The van der Waals surface area contributed by atoms with Gasteiger partial charge in [-0.15, -0.1) is 11.3 Å². The number of hydrogen-bond donors (Lipinski definition) is 2. The van der Waals surface area contributed by atoms with Gasteiger partial charge in [-0.3, -0.25) is 9.59 Å². The predicted octanol–water partition coefficient (Wildman–Crippen LogP) is 2.95. The van der Waals surface area contributed by atoms with Crippen LogP contribution in [0.25, 0.3) is 0 Å². The van der Waals surface area contributed by atoms with Crippen LogP contribution in [0.4, 0.5) is 18.9 Å². The maximum absolute atomic E-state index is 13.5. The highest BCUT2D eigenvalue weighted by Crippen LogP contribution is 2.31. The summed E-state index contributed by atoms with van der Waals surface area (Å²) in [4.78, 5) is 37.5. The lowest BCUT2D eigenvalue weighted by molar-refractivity contribution is -0.130. The Morgan fingerprint density at radius 3 is 2.66 bits per heavy atom. The Labute approximate surface area is 168 Å². The average Bonchev–Trinajstić information content (AvgIpc) is 3.28. The van der Waals surface area contributed by atoms with E-state index in [-0.39, 0.29) is 0 Å². The van der Waals surface area contributed by atoms with Gasteiger partial charge in [0.2, 0.25) is 5.91 Å². The average molecular weight is 426 g/mol. The van der Waals surface area contributed by atoms with E-state index in [2.05, 4.69) is 5.32 Å². The summed E-state index contributed by atoms with van der Waals surface area (Å²) in [5.41, 5.74) is 0.563. The van der Waals surface area contributed by atoms with Crippen LogP contribution in [0.1, 0.15) is 33.5 Å². The standard InChI is InChI=1S/C19H17F3N2O4S/c1-9(28-19(27)14-7-10-3-2-4-13(10)29-14)18(26)23-8-15(25)24-12-6-5-11(20)16(21)17(12)22/h5-7,9H,2-4,8H2,1H3,(H,23,26)(H,24,25). The number of benzene rings is 1. The van der Waals surface area contributed by atoms with Crippen LogP contribution in [0.3, 0.4) is 0 Å². The number of rotatable bonds is 6. The lowest BCUT2D eigenvalue weighted by Gasteiger charge is -2.13. The van der Waals surface area contributed by atoms with Crippen LogP contribution in [0.15, 0.2) is 18.2 Å². The number of hydrogen-bond acceptors (Lipinski definition) is 5. The molecular weight excluding hydrogens is 409 g/mol. The number of ether oxygens (including phenoxy) is 1. The number of esters is 1. The number of anilines is 1. The molecule has 0 saturated carbocycles. The van der Waals surface area contributed by atoms with Gasteiger partial charge in [-0.05, 0) is 49.9 Å². The van der Waals surface area contributed by atoms with E-state index in [9.17, 15) is 27.6 Å². The molecule has 1 atom stereocenters. The monoisotopic (exact) mass is 426 g/mol. The zero-order valence-electron chi connectivity index (χ0n) is 15.3. The molecule has 0 bridgehead atoms. The van der Waals surface area contributed by atoms with Crippen molar-refractivity contribution in [3.8, 4) is 0 Å². The minimum absolute atomic E-state index is 0.418. The molecule has 29 heavy (non-hydrogen) atoms. The molecule has 2 amide bonds. The molecule has 10 heteroatoms. The highest BCUT2D eigenvalue weighted by atomic mass is 32.1. The van der Waals surface area contributed by atoms with Gasteiger partial charge in [0.15, 0.2) is 23.6 Å². The molecule has 1 aliphatic rings. The summed E-state index contributed by atoms with van der Waals surface area (Å²) < 4.78 is 44.7. The third-order valence-corrected chi connectivity index (χ3v) is 5.55. The second kappa shape index (κ2) is 8.64. The zero-order chi connectivity index (χ0) is 21.1. The molecule has 0 radical (unpaired) electrons. The van der Waals surface area contributed by atoms with Crippen molar-refractivity contribution in [1.82, 2.24) is 5.32 Å². The number of carbonyl (C=O) groups is 3. The number of thiophene rings is 1. The van der Waals surface area contributed by atoms with Crippen molar-refractivity contribution in [3.05, 3.63) is 51.0 Å². The summed E-state index contributed by atoms with van der Waals surface area (Å²) in [6, 6.07) is 3.29. The largest absolute Gasteiger partial charge is 0.448 e. The fourth-order valence-electron chi connectivity index (χ4n) is 2.83. The van der Waals surface area contributed by atoms with Gasteiger partial charge in [0.25, 0.3) is 5.91 Å². The summed E-state index contributed by atoms with van der Waals surface area (Å²) in [7, 11) is 0. The van der Waals surface area contributed by atoms with Crippen LogP contribution >= 0.6 is 11.3 Å². The number of carbonyl (C=O) groups excluding carboxylic acids is 3. The highest BCUT2D eigenvalue weighted by molar-refractivity contribution is 7.14. The van der Waals surface area contributed by atoms with Crippen molar-refractivity contribution in [3.63, 3.8) is 0 Å². The Hall–Kier alpha value is -2.88. The van der Waals surface area contributed by atoms with E-state index < -0.39 is 53.6 Å². The number of fused-ring (bicyclic) bond motifs is 1. The molecule has 3 rings (SSSR count). The van der Waals surface area contributed by atoms with Crippen LogP contribution in [-0.2, 0) is 27.2 Å². The Balaban J connectivity index is 1.48. The van der Waals surface area contributed by atoms with Gasteiger partial charge in [-0.25, -0.2) is 18.0 Å². The molecule has 0 spiro atoms. The molecule has 1 aromatic heterocycles. The van der Waals surface area contributed by atoms with Crippen LogP contribution in [0.2, 0.25) is 0 Å². The van der Waals surface area contributed by atoms with E-state index in [0.717, 1.165) is 35.8 Å². The molecule has 1 unspecified atom stereocenters. The maximum Gasteiger partial charge on any atom is 0.349 e. The van der Waals surface area contributed by atoms with Crippen molar-refractivity contribution < 1.29 is 32.3 Å². The molecule has 0 aliphatic heterocycles. The van der Waals surface area contributed by atoms with E-state index >= 15 is 0 Å². The van der Waals surface area contributed by atoms with Crippen LogP contribution in [-0.4, -0.2) is 30.4 Å². The van der Waals surface area contributed by atoms with Crippen molar-refractivity contribution in [2.45, 2.75) is 32.3 Å². The van der Waals surface area contributed by atoms with Gasteiger partial charge in [0.1, 0.15) is 4.88 Å². The number of amides is 2. The minimum Gasteiger partial charge on any atom is -0.448 e. The second-order valence-electron chi connectivity index (χ2n) is 6.45. The number of aryl methyl sites for hydroxylation is 2. The normalized spacial score (nSPS) is 13.5. The molecule has 1 aliphatic carbocycles. The van der Waals surface area contributed by atoms with Crippen LogP contribution in [0, 0.1) is 17.5 Å². The summed E-state index contributed by atoms with van der Waals surface area (Å²) in [6.45, 7) is 0.772. The topological polar surface area (TPSA) is 84.5 Å². The smallest absolute Gasteiger partial charge is 0.349 e. The van der Waals surface area contributed by atoms with Gasteiger partial charge in [0, 0.05) is 4.88 Å². The molecule has 2 N–H and O–H groups in total. The lowest BCUT2D eigenvalue weighted by atomic mass is 10.2. The first kappa shape index (κ1) is 20.8. The first-order chi connectivity index (χ1) is 13.8. The molecule has 154 valence electrons. The summed E-state index contributed by atoms with van der Waals surface area (Å²) in [5, 5.41) is 4.25. The van der Waals surface area contributed by atoms with E-state index in [1.807, 2.05) is 5.32 Å². The fourth-order valence-corrected chi connectivity index (χ4v) is 3.97. The maximum atomic E-state index is 13.5. The van der Waals surface area contributed by atoms with Crippen molar-refractivity contribution in [2.24, 2.45) is 0 Å². The summed E-state index contributed by atoms with van der Waals surface area (Å²) in [6.07, 6.45) is 1.75. The first-order valence-corrected chi connectivity index (χ1v) is 9.61. The second-order valence-corrected chi connectivity index (χ2v) is 7.59. The third kappa shape index (κ3) is 4.76. The van der Waals surface area contributed by atoms with Gasteiger partial charge in [-0.1, -0.05) is 0 Å². The Morgan fingerprint density at radius 2 is 1.93 bits per heavy atom. The van der Waals surface area contributed by atoms with E-state index in [0.29, 0.717) is 10.9 Å². The molecule has 6 nitrogen and oxygen atoms in total. The lowest BCUT2D eigenvalue weighted by Crippen LogP contribution is -2.40. The van der Waals surface area contributed by atoms with Gasteiger partial charge < -0.3 is 15.4 Å². The highest BCUT2D eigenvalue weighted by Gasteiger charge is 2.24. The predicted molar refractivity (Wildman–Crippen MR) is 99.2 cm³/mol. The number of nitrogens with one attached hydrogen (secondary N) is 2. The van der Waals surface area contributed by atoms with Crippen molar-refractivity contribution in [1.29, 1.82) is 0 Å². The van der Waals surface area contributed by atoms with E-state index in [1.165, 1.54) is 18.3 Å². The molecule has 0 fully saturated rings. The van der Waals surface area contributed by atoms with Crippen molar-refractivity contribution in [2.75, 3.05) is 11.9 Å². The third-order valence-electron chi connectivity index (χ3n) is 4.33. The molecule has 0 saturated heterocycles. The summed E-state index contributed by atoms with van der Waals surface area (Å²) in [5.74, 6) is -6.87. The first-order valence-electron chi connectivity index (χ1n) is 8.80. The van der Waals surface area contributed by atoms with Gasteiger partial charge >= 0.3 is 5.97 Å². The Kier molecular flexibility index (Phi) is 6.21. The fraction of sp³-hybridized carbons (Fsp3) is 0.316. The van der Waals surface area contributed by atoms with Gasteiger partial charge in [-0.2, -0.15) is 0 Å². The molecule has 1 aromatic carbocycles. The molecule has 2 aromatic rings. The van der Waals surface area contributed by atoms with E-state index in [4.69, 9.17) is 4.74 Å². The Morgan fingerprint density at radius 1 is 1.17 bits per heavy atom. The van der Waals surface area contributed by atoms with Crippen LogP contribution < -0.4 is 10.6 Å². The SMILES string of the molecule is CC(OC(=O)c1cc2c(s1)CCC2)C(=O)NCC(=O)Nc1ccc(F)c(F)c1F. The molecular formula is C19H17F3N2O4S. The summed E-state index contributed by atoms with van der Waals surface area (Å²) >= 11 is 1.34. The van der Waals surface area contributed by atoms with Crippen molar-refractivity contribution >= 4 is 34.8 Å².